The van der Waals surface area contributed by atoms with Crippen LogP contribution in [-0.4, -0.2) is 42.2 Å². The summed E-state index contributed by atoms with van der Waals surface area (Å²) in [6, 6.07) is 6.51. The molecule has 1 fully saturated rings. The third kappa shape index (κ3) is 5.62. The second-order valence-electron chi connectivity index (χ2n) is 7.85. The van der Waals surface area contributed by atoms with Crippen molar-refractivity contribution in [3.05, 3.63) is 47.9 Å². The fraction of sp³-hybridized carbons (Fsp3) is 0.476. The van der Waals surface area contributed by atoms with Gasteiger partial charge in [-0.1, -0.05) is 37.8 Å². The molecule has 9 heteroatoms. The van der Waals surface area contributed by atoms with Gasteiger partial charge in [0.2, 0.25) is 5.91 Å². The lowest BCUT2D eigenvalue weighted by Crippen LogP contribution is -2.24. The molecule has 1 aliphatic rings. The predicted octanol–water partition coefficient (Wildman–Crippen LogP) is 2.17. The van der Waals surface area contributed by atoms with E-state index in [1.54, 1.807) is 24.3 Å². The zero-order chi connectivity index (χ0) is 21.7. The number of carbonyl (C=O) groups is 1. The molecule has 1 heterocycles. The molecule has 4 N–H and O–H groups in total. The number of hydrogen-bond acceptors (Lipinski definition) is 7. The van der Waals surface area contributed by atoms with Crippen LogP contribution in [0.2, 0.25) is 0 Å². The first-order valence-corrected chi connectivity index (χ1v) is 12.0. The van der Waals surface area contributed by atoms with Crippen molar-refractivity contribution in [3.8, 4) is 0 Å². The van der Waals surface area contributed by atoms with Crippen LogP contribution in [0.15, 0.2) is 41.6 Å². The fourth-order valence-electron chi connectivity index (χ4n) is 3.83. The van der Waals surface area contributed by atoms with Gasteiger partial charge in [-0.25, -0.2) is 13.4 Å². The maximum Gasteiger partial charge on any atom is 0.233 e. The summed E-state index contributed by atoms with van der Waals surface area (Å²) in [5, 5.41) is 12.5. The van der Waals surface area contributed by atoms with Gasteiger partial charge in [0.05, 0.1) is 28.9 Å². The Balaban J connectivity index is 1.79. The van der Waals surface area contributed by atoms with Crippen molar-refractivity contribution < 1.29 is 18.3 Å². The number of carbonyl (C=O) groups excluding carboxylic acids is 1. The van der Waals surface area contributed by atoms with E-state index in [0.29, 0.717) is 18.0 Å². The number of nitrogens with zero attached hydrogens (tertiary/aromatic N) is 2. The van der Waals surface area contributed by atoms with Crippen LogP contribution in [0, 0.1) is 5.92 Å². The van der Waals surface area contributed by atoms with Gasteiger partial charge in [0.15, 0.2) is 15.7 Å². The standard InChI is InChI=1S/C21H28N4O4S/c1-30(28,29)16-8-6-15(7-9-16)17(10-14-4-2-3-5-14)21(27)25-20-13-23-18(12-24-20)19(26)11-22/h6-9,12-14,17,19,26H,2-5,10-11,22H2,1H3,(H,24,25,27)/t17-,19?/m1/s1. The largest absolute Gasteiger partial charge is 0.385 e. The van der Waals surface area contributed by atoms with E-state index in [-0.39, 0.29) is 23.2 Å². The van der Waals surface area contributed by atoms with Gasteiger partial charge in [-0.05, 0) is 30.0 Å². The first-order valence-electron chi connectivity index (χ1n) is 10.1. The normalized spacial score (nSPS) is 16.9. The molecule has 8 nitrogen and oxygen atoms in total. The Kier molecular flexibility index (Phi) is 7.17. The number of hydrogen-bond donors (Lipinski definition) is 3. The molecule has 1 unspecified atom stereocenters. The summed E-state index contributed by atoms with van der Waals surface area (Å²) in [5.41, 5.74) is 6.53. The van der Waals surface area contributed by atoms with Crippen molar-refractivity contribution in [2.75, 3.05) is 18.1 Å². The van der Waals surface area contributed by atoms with E-state index in [0.717, 1.165) is 24.7 Å². The molecule has 3 rings (SSSR count). The molecule has 0 radical (unpaired) electrons. The highest BCUT2D eigenvalue weighted by atomic mass is 32.2. The quantitative estimate of drug-likeness (QED) is 0.582. The van der Waals surface area contributed by atoms with Crippen LogP contribution < -0.4 is 11.1 Å². The molecule has 0 aliphatic heterocycles. The minimum absolute atomic E-state index is 0.0350. The van der Waals surface area contributed by atoms with Crippen LogP contribution >= 0.6 is 0 Å². The van der Waals surface area contributed by atoms with Crippen molar-refractivity contribution in [2.24, 2.45) is 11.7 Å². The predicted molar refractivity (Wildman–Crippen MR) is 114 cm³/mol. The lowest BCUT2D eigenvalue weighted by Gasteiger charge is -2.21. The van der Waals surface area contributed by atoms with E-state index in [4.69, 9.17) is 5.73 Å². The number of nitrogens with one attached hydrogen (secondary N) is 1. The van der Waals surface area contributed by atoms with Gasteiger partial charge in [-0.15, -0.1) is 0 Å². The zero-order valence-electron chi connectivity index (χ0n) is 17.0. The molecule has 1 amide bonds. The van der Waals surface area contributed by atoms with Gasteiger partial charge in [0.1, 0.15) is 6.10 Å². The zero-order valence-corrected chi connectivity index (χ0v) is 17.8. The van der Waals surface area contributed by atoms with E-state index >= 15 is 0 Å². The number of sulfone groups is 1. The SMILES string of the molecule is CS(=O)(=O)c1ccc([C@@H](CC2CCCC2)C(=O)Nc2cnc(C(O)CN)cn2)cc1. The van der Waals surface area contributed by atoms with Crippen molar-refractivity contribution in [1.82, 2.24) is 9.97 Å². The van der Waals surface area contributed by atoms with E-state index in [9.17, 15) is 18.3 Å². The van der Waals surface area contributed by atoms with E-state index in [1.807, 2.05) is 0 Å². The van der Waals surface area contributed by atoms with Crippen molar-refractivity contribution in [2.45, 2.75) is 49.0 Å². The average Bonchev–Trinajstić information content (AvgIpc) is 3.25. The Morgan fingerprint density at radius 2 is 1.87 bits per heavy atom. The van der Waals surface area contributed by atoms with Gasteiger partial charge in [-0.3, -0.25) is 9.78 Å². The second kappa shape index (κ2) is 9.63. The van der Waals surface area contributed by atoms with Gasteiger partial charge < -0.3 is 16.2 Å². The smallest absolute Gasteiger partial charge is 0.233 e. The van der Waals surface area contributed by atoms with Gasteiger partial charge in [-0.2, -0.15) is 0 Å². The van der Waals surface area contributed by atoms with Crippen LogP contribution in [0.3, 0.4) is 0 Å². The molecular weight excluding hydrogens is 404 g/mol. The number of anilines is 1. The van der Waals surface area contributed by atoms with Gasteiger partial charge in [0.25, 0.3) is 0 Å². The number of amides is 1. The lowest BCUT2D eigenvalue weighted by molar-refractivity contribution is -0.118. The van der Waals surface area contributed by atoms with Crippen molar-refractivity contribution in [1.29, 1.82) is 0 Å². The van der Waals surface area contributed by atoms with E-state index in [2.05, 4.69) is 15.3 Å². The summed E-state index contributed by atoms with van der Waals surface area (Å²) in [6.07, 6.45) is 8.27. The van der Waals surface area contributed by atoms with Crippen LogP contribution in [0.5, 0.6) is 0 Å². The highest BCUT2D eigenvalue weighted by Gasteiger charge is 2.27. The van der Waals surface area contributed by atoms with Crippen LogP contribution in [0.4, 0.5) is 5.82 Å². The van der Waals surface area contributed by atoms with Gasteiger partial charge >= 0.3 is 0 Å². The van der Waals surface area contributed by atoms with Crippen molar-refractivity contribution >= 4 is 21.6 Å². The molecule has 1 saturated carbocycles. The Hall–Kier alpha value is -2.36. The minimum atomic E-state index is -3.30. The number of aliphatic hydroxyl groups is 1. The lowest BCUT2D eigenvalue weighted by atomic mass is 9.87. The molecule has 2 aromatic rings. The van der Waals surface area contributed by atoms with E-state index < -0.39 is 21.9 Å². The maximum absolute atomic E-state index is 13.1. The fourth-order valence-corrected chi connectivity index (χ4v) is 4.46. The van der Waals surface area contributed by atoms with Crippen LogP contribution in [-0.2, 0) is 14.6 Å². The number of aliphatic hydroxyl groups excluding tert-OH is 1. The number of benzene rings is 1. The molecular formula is C21H28N4O4S. The Morgan fingerprint density at radius 3 is 2.40 bits per heavy atom. The topological polar surface area (TPSA) is 135 Å². The molecule has 0 saturated heterocycles. The molecule has 2 atom stereocenters. The van der Waals surface area contributed by atoms with Crippen LogP contribution in [0.25, 0.3) is 0 Å². The monoisotopic (exact) mass is 432 g/mol. The molecule has 0 bridgehead atoms. The molecule has 162 valence electrons. The number of aromatic nitrogens is 2. The molecule has 1 aromatic carbocycles. The third-order valence-corrected chi connectivity index (χ3v) is 6.69. The highest BCUT2D eigenvalue weighted by Crippen LogP contribution is 2.35. The summed E-state index contributed by atoms with van der Waals surface area (Å²) >= 11 is 0. The molecule has 30 heavy (non-hydrogen) atoms. The maximum atomic E-state index is 13.1. The first-order chi connectivity index (χ1) is 14.3. The minimum Gasteiger partial charge on any atom is -0.385 e. The summed E-state index contributed by atoms with van der Waals surface area (Å²) in [7, 11) is -3.30. The first kappa shape index (κ1) is 22.3. The van der Waals surface area contributed by atoms with Gasteiger partial charge in [0, 0.05) is 12.8 Å². The molecule has 1 aliphatic carbocycles. The summed E-state index contributed by atoms with van der Waals surface area (Å²) in [4.78, 5) is 21.6. The molecule has 0 spiro atoms. The summed E-state index contributed by atoms with van der Waals surface area (Å²) in [6.45, 7) is 0.0350. The third-order valence-electron chi connectivity index (χ3n) is 5.56. The number of rotatable bonds is 8. The summed E-state index contributed by atoms with van der Waals surface area (Å²) in [5.74, 6) is 0.119. The Bertz CT molecular complexity index is 956. The highest BCUT2D eigenvalue weighted by molar-refractivity contribution is 7.90. The van der Waals surface area contributed by atoms with Crippen molar-refractivity contribution in [3.63, 3.8) is 0 Å². The van der Waals surface area contributed by atoms with E-state index in [1.165, 1.54) is 25.2 Å². The second-order valence-corrected chi connectivity index (χ2v) is 9.86. The molecule has 1 aromatic heterocycles. The number of nitrogens with two attached hydrogens (primary N) is 1. The van der Waals surface area contributed by atoms with Crippen LogP contribution in [0.1, 0.15) is 55.4 Å². The average molecular weight is 433 g/mol. The summed E-state index contributed by atoms with van der Waals surface area (Å²) < 4.78 is 23.5. The Morgan fingerprint density at radius 1 is 1.20 bits per heavy atom. The Labute approximate surface area is 176 Å².